The zero-order chi connectivity index (χ0) is 25.0. The molecule has 0 spiro atoms. The zero-order valence-electron chi connectivity index (χ0n) is 21.9. The number of hydrogen-bond acceptors (Lipinski definition) is 0. The highest BCUT2D eigenvalue weighted by Crippen LogP contribution is 2.37. The molecule has 0 heterocycles. The Bertz CT molecular complexity index is 1770. The molecule has 0 aromatic heterocycles. The number of rotatable bonds is 0. The molecule has 5 aromatic carbocycles. The summed E-state index contributed by atoms with van der Waals surface area (Å²) in [6.07, 6.45) is 0. The van der Waals surface area contributed by atoms with Gasteiger partial charge in [-0.05, 0) is 79.8 Å². The van der Waals surface area contributed by atoms with Gasteiger partial charge < -0.3 is 0 Å². The molecule has 0 radical (unpaired) electrons. The van der Waals surface area contributed by atoms with E-state index >= 15 is 0 Å². The van der Waals surface area contributed by atoms with E-state index in [1.807, 2.05) is 0 Å². The van der Waals surface area contributed by atoms with Crippen molar-refractivity contribution < 1.29 is 0 Å². The average Bonchev–Trinajstić information content (AvgIpc) is 2.78. The minimum atomic E-state index is -1.57. The van der Waals surface area contributed by atoms with Crippen LogP contribution in [0.5, 0.6) is 0 Å². The lowest BCUT2D eigenvalue weighted by atomic mass is 9.88. The van der Waals surface area contributed by atoms with E-state index in [0.717, 1.165) is 11.1 Å². The lowest BCUT2D eigenvalue weighted by Gasteiger charge is -2.15. The lowest BCUT2D eigenvalue weighted by Crippen LogP contribution is -2.16. The van der Waals surface area contributed by atoms with Gasteiger partial charge >= 0.3 is 0 Å². The molecule has 0 amide bonds. The number of hydrogen-bond donors (Lipinski definition) is 0. The van der Waals surface area contributed by atoms with Crippen LogP contribution in [-0.2, 0) is 0 Å². The Morgan fingerprint density at radius 1 is 0.486 bits per heavy atom. The second-order valence-corrected chi connectivity index (χ2v) is 21.2. The quantitative estimate of drug-likeness (QED) is 0.117. The molecular weight excluding hydrogens is 453 g/mol. The van der Waals surface area contributed by atoms with E-state index in [9.17, 15) is 0 Å². The van der Waals surface area contributed by atoms with Crippen molar-refractivity contribution in [2.45, 2.75) is 46.2 Å². The smallest absolute Gasteiger partial charge is 0.127 e. The van der Waals surface area contributed by atoms with Crippen LogP contribution in [0.2, 0.25) is 39.3 Å². The van der Waals surface area contributed by atoms with Crippen molar-refractivity contribution in [1.29, 1.82) is 0 Å². The molecule has 0 unspecified atom stereocenters. The minimum Gasteiger partial charge on any atom is -0.127 e. The first kappa shape index (κ1) is 23.4. The summed E-state index contributed by atoms with van der Waals surface area (Å²) >= 11 is 0. The maximum Gasteiger partial charge on any atom is 0.129 e. The molecule has 0 saturated heterocycles. The van der Waals surface area contributed by atoms with Crippen LogP contribution in [0.25, 0.3) is 43.1 Å². The van der Waals surface area contributed by atoms with Gasteiger partial charge in [-0.15, -0.1) is 11.1 Å². The molecule has 0 aliphatic heterocycles. The highest BCUT2D eigenvalue weighted by molar-refractivity contribution is 6.84. The van der Waals surface area contributed by atoms with Crippen LogP contribution >= 0.6 is 0 Å². The van der Waals surface area contributed by atoms with Crippen LogP contribution in [0, 0.1) is 29.9 Å². The summed E-state index contributed by atoms with van der Waals surface area (Å²) in [5, 5.41) is 9.92. The van der Waals surface area contributed by atoms with Crippen molar-refractivity contribution in [2.75, 3.05) is 0 Å². The molecule has 0 nitrogen and oxygen atoms in total. The van der Waals surface area contributed by atoms with Crippen molar-refractivity contribution in [2.24, 2.45) is 0 Å². The zero-order valence-corrected chi connectivity index (χ0v) is 23.9. The average molecular weight is 485 g/mol. The van der Waals surface area contributed by atoms with E-state index in [4.69, 9.17) is 0 Å². The molecule has 0 fully saturated rings. The first-order chi connectivity index (χ1) is 16.5. The highest BCUT2D eigenvalue weighted by Gasteiger charge is 2.17. The molecule has 0 atom stereocenters. The van der Waals surface area contributed by atoms with E-state index in [-0.39, 0.29) is 0 Å². The fourth-order valence-electron chi connectivity index (χ4n) is 4.61. The maximum atomic E-state index is 3.69. The van der Waals surface area contributed by atoms with Gasteiger partial charge in [0.25, 0.3) is 0 Å². The van der Waals surface area contributed by atoms with Gasteiger partial charge in [0.05, 0.1) is 0 Å². The Kier molecular flexibility index (Phi) is 5.64. The number of fused-ring (bicyclic) bond motifs is 4. The summed E-state index contributed by atoms with van der Waals surface area (Å²) in [5.74, 6) is 7.38. The monoisotopic (exact) mass is 484 g/mol. The van der Waals surface area contributed by atoms with Gasteiger partial charge in [-0.2, -0.15) is 0 Å². The van der Waals surface area contributed by atoms with E-state index in [2.05, 4.69) is 136 Å². The third-order valence-electron chi connectivity index (χ3n) is 6.32. The first-order valence-electron chi connectivity index (χ1n) is 12.4. The van der Waals surface area contributed by atoms with Gasteiger partial charge in [0.15, 0.2) is 0 Å². The molecule has 0 bridgehead atoms. The summed E-state index contributed by atoms with van der Waals surface area (Å²) in [5.41, 5.74) is 10.9. The summed E-state index contributed by atoms with van der Waals surface area (Å²) in [6.45, 7) is 16.1. The predicted octanol–water partition coefficient (Wildman–Crippen LogP) is 9.07. The molecule has 0 saturated carbocycles. The Balaban J connectivity index is 2.07. The van der Waals surface area contributed by atoms with Crippen LogP contribution in [0.1, 0.15) is 16.7 Å². The fraction of sp³-hybridized carbons (Fsp3) is 0.212. The van der Waals surface area contributed by atoms with Gasteiger partial charge in [0.2, 0.25) is 0 Å². The van der Waals surface area contributed by atoms with Crippen molar-refractivity contribution in [3.05, 3.63) is 83.4 Å². The van der Waals surface area contributed by atoms with Gasteiger partial charge in [-0.1, -0.05) is 93.6 Å². The van der Waals surface area contributed by atoms with Gasteiger partial charge in [0, 0.05) is 11.1 Å². The number of aryl methyl sites for hydroxylation is 1. The molecule has 0 N–H and O–H groups in total. The number of benzene rings is 5. The molecule has 0 aliphatic carbocycles. The second kappa shape index (κ2) is 8.42. The molecular formula is C33H32Si2. The molecule has 2 heteroatoms. The topological polar surface area (TPSA) is 0 Å². The maximum absolute atomic E-state index is 3.69. The van der Waals surface area contributed by atoms with Gasteiger partial charge in [-0.3, -0.25) is 0 Å². The van der Waals surface area contributed by atoms with E-state index < -0.39 is 16.1 Å². The summed E-state index contributed by atoms with van der Waals surface area (Å²) < 4.78 is 0. The van der Waals surface area contributed by atoms with Crippen LogP contribution < -0.4 is 0 Å². The molecule has 35 heavy (non-hydrogen) atoms. The highest BCUT2D eigenvalue weighted by atomic mass is 28.3. The molecule has 5 aromatic rings. The third kappa shape index (κ3) is 4.65. The SMILES string of the molecule is Cc1cccc2cc3c(C#C[Si](C)(C)C)c4cc5ccccc5cc4c(C#C[Si](C)(C)C)c3cc12. The van der Waals surface area contributed by atoms with Gasteiger partial charge in [-0.25, -0.2) is 0 Å². The largest absolute Gasteiger partial charge is 0.129 e. The summed E-state index contributed by atoms with van der Waals surface area (Å²) in [7, 11) is -3.14. The van der Waals surface area contributed by atoms with E-state index in [1.165, 1.54) is 48.7 Å². The van der Waals surface area contributed by atoms with Crippen molar-refractivity contribution >= 4 is 59.2 Å². The van der Waals surface area contributed by atoms with Crippen LogP contribution in [0.4, 0.5) is 0 Å². The summed E-state index contributed by atoms with van der Waals surface area (Å²) in [6, 6.07) is 24.6. The molecule has 0 aliphatic rings. The Hall–Kier alpha value is -3.31. The molecule has 172 valence electrons. The van der Waals surface area contributed by atoms with Crippen molar-refractivity contribution in [3.8, 4) is 22.9 Å². The Labute approximate surface area is 211 Å². The molecule has 5 rings (SSSR count). The van der Waals surface area contributed by atoms with Crippen molar-refractivity contribution in [1.82, 2.24) is 0 Å². The van der Waals surface area contributed by atoms with Crippen LogP contribution in [-0.4, -0.2) is 16.1 Å². The van der Waals surface area contributed by atoms with E-state index in [0.29, 0.717) is 0 Å². The van der Waals surface area contributed by atoms with Gasteiger partial charge in [0.1, 0.15) is 16.1 Å². The standard InChI is InChI=1S/C33H32Si2/c1-23-11-10-14-26-21-32-27(15-17-34(2,3)4)30-19-24-12-8-9-13-25(24)20-31(30)28(16-18-35(5,6)7)33(32)22-29(23)26/h8-14,19-22H,1-7H3. The van der Waals surface area contributed by atoms with E-state index in [1.54, 1.807) is 0 Å². The van der Waals surface area contributed by atoms with Crippen molar-refractivity contribution in [3.63, 3.8) is 0 Å². The lowest BCUT2D eigenvalue weighted by molar-refractivity contribution is 1.54. The summed E-state index contributed by atoms with van der Waals surface area (Å²) in [4.78, 5) is 0. The Morgan fingerprint density at radius 2 is 0.914 bits per heavy atom. The van der Waals surface area contributed by atoms with Crippen LogP contribution in [0.3, 0.4) is 0 Å². The Morgan fingerprint density at radius 3 is 1.40 bits per heavy atom. The minimum absolute atomic E-state index is 1.14. The fourth-order valence-corrected chi connectivity index (χ4v) is 5.61. The van der Waals surface area contributed by atoms with Crippen LogP contribution in [0.15, 0.2) is 66.7 Å². The first-order valence-corrected chi connectivity index (χ1v) is 19.4. The predicted molar refractivity (Wildman–Crippen MR) is 162 cm³/mol. The normalized spacial score (nSPS) is 12.0. The second-order valence-electron chi connectivity index (χ2n) is 11.7. The third-order valence-corrected chi connectivity index (χ3v) is 8.07.